The smallest absolute Gasteiger partial charge is 0.319 e. The van der Waals surface area contributed by atoms with Crippen molar-refractivity contribution >= 4 is 81.8 Å². The number of rotatable bonds is 3. The Balaban J connectivity index is 2.41. The van der Waals surface area contributed by atoms with E-state index in [4.69, 9.17) is 69.6 Å². The van der Waals surface area contributed by atoms with Crippen LogP contribution in [0.2, 0.25) is 0 Å². The minimum absolute atomic E-state index is 0.145. The van der Waals surface area contributed by atoms with E-state index >= 15 is 0 Å². The van der Waals surface area contributed by atoms with Crippen LogP contribution in [0.3, 0.4) is 0 Å². The molecule has 0 aliphatic heterocycles. The highest BCUT2D eigenvalue weighted by atomic mass is 35.6. The maximum Gasteiger partial charge on any atom is 0.331 e. The Bertz CT molecular complexity index is 799. The van der Waals surface area contributed by atoms with Crippen LogP contribution in [0.25, 0.3) is 11.4 Å². The Morgan fingerprint density at radius 1 is 0.962 bits per heavy atom. The van der Waals surface area contributed by atoms with Gasteiger partial charge >= 0.3 is 5.97 Å². The fraction of sp³-hybridized carbons (Fsp3) is 0.214. The van der Waals surface area contributed by atoms with Gasteiger partial charge in [-0.3, -0.25) is 0 Å². The molecule has 0 fully saturated rings. The Kier molecular flexibility index (Phi) is 6.93. The number of halogens is 6. The minimum Gasteiger partial charge on any atom is -0.319 e. The summed E-state index contributed by atoms with van der Waals surface area (Å²) in [6, 6.07) is 6.68. The topological polar surface area (TPSA) is 77.3 Å². The number of oxime groups is 1. The molecule has 0 aliphatic rings. The van der Waals surface area contributed by atoms with E-state index in [1.165, 1.54) is 13.1 Å². The molecule has 1 heterocycles. The molecule has 12 heteroatoms. The number of alkyl halides is 6. The van der Waals surface area contributed by atoms with Crippen LogP contribution in [0, 0.1) is 0 Å². The van der Waals surface area contributed by atoms with Gasteiger partial charge in [-0.1, -0.05) is 99.0 Å². The first-order valence-corrected chi connectivity index (χ1v) is 8.95. The largest absolute Gasteiger partial charge is 0.331 e. The van der Waals surface area contributed by atoms with E-state index in [1.807, 2.05) is 0 Å². The Hall–Kier alpha value is -0.890. The van der Waals surface area contributed by atoms with Gasteiger partial charge in [0.25, 0.3) is 0 Å². The predicted octanol–water partition coefficient (Wildman–Crippen LogP) is 5.09. The van der Waals surface area contributed by atoms with Crippen LogP contribution >= 0.6 is 69.6 Å². The fourth-order valence-corrected chi connectivity index (χ4v) is 2.15. The molecule has 1 aromatic heterocycles. The highest BCUT2D eigenvalue weighted by Gasteiger charge is 2.33. The van der Waals surface area contributed by atoms with Gasteiger partial charge < -0.3 is 4.84 Å². The first kappa shape index (κ1) is 21.4. The van der Waals surface area contributed by atoms with Crippen LogP contribution in [-0.4, -0.2) is 27.1 Å². The standard InChI is InChI=1S/C14H8Cl6N4O2/c1-7(25)26-21-6-8-2-4-9(5-3-8)10-22-11(13(15,16)17)24-12(23-10)14(18,19)20/h2-6H,1H3/b21-6-. The lowest BCUT2D eigenvalue weighted by Gasteiger charge is -2.15. The molecular formula is C14H8Cl6N4O2. The normalized spacial score (nSPS) is 12.4. The first-order valence-electron chi connectivity index (χ1n) is 6.68. The molecule has 0 aliphatic carbocycles. The van der Waals surface area contributed by atoms with Crippen molar-refractivity contribution in [2.75, 3.05) is 0 Å². The van der Waals surface area contributed by atoms with E-state index in [0.717, 1.165) is 0 Å². The van der Waals surface area contributed by atoms with Crippen LogP contribution in [0.1, 0.15) is 24.1 Å². The van der Waals surface area contributed by atoms with Crippen molar-refractivity contribution in [3.8, 4) is 11.4 Å². The minimum atomic E-state index is -1.93. The molecule has 0 spiro atoms. The average Bonchev–Trinajstić information content (AvgIpc) is 2.53. The Morgan fingerprint density at radius 3 is 1.88 bits per heavy atom. The molecule has 2 aromatic rings. The lowest BCUT2D eigenvalue weighted by molar-refractivity contribution is -0.140. The van der Waals surface area contributed by atoms with Crippen LogP contribution in [0.4, 0.5) is 0 Å². The van der Waals surface area contributed by atoms with Crippen LogP contribution in [0.15, 0.2) is 29.4 Å². The van der Waals surface area contributed by atoms with Crippen molar-refractivity contribution in [3.05, 3.63) is 41.5 Å². The summed E-state index contributed by atoms with van der Waals surface area (Å²) in [4.78, 5) is 27.3. The maximum absolute atomic E-state index is 10.7. The number of hydrogen-bond donors (Lipinski definition) is 0. The highest BCUT2D eigenvalue weighted by molar-refractivity contribution is 6.67. The van der Waals surface area contributed by atoms with Crippen molar-refractivity contribution in [1.82, 2.24) is 15.0 Å². The number of carbonyl (C=O) groups is 1. The van der Waals surface area contributed by atoms with Crippen molar-refractivity contribution in [1.29, 1.82) is 0 Å². The van der Waals surface area contributed by atoms with E-state index in [9.17, 15) is 4.79 Å². The van der Waals surface area contributed by atoms with Crippen molar-refractivity contribution in [3.63, 3.8) is 0 Å². The van der Waals surface area contributed by atoms with Gasteiger partial charge in [0.1, 0.15) is 0 Å². The molecule has 138 valence electrons. The second-order valence-electron chi connectivity index (χ2n) is 4.74. The zero-order chi connectivity index (χ0) is 19.5. The maximum atomic E-state index is 10.7. The van der Waals surface area contributed by atoms with Gasteiger partial charge in [0.15, 0.2) is 17.5 Å². The predicted molar refractivity (Wildman–Crippen MR) is 103 cm³/mol. The summed E-state index contributed by atoms with van der Waals surface area (Å²) < 4.78 is -3.86. The monoisotopic (exact) mass is 474 g/mol. The summed E-state index contributed by atoms with van der Waals surface area (Å²) in [6.07, 6.45) is 1.36. The summed E-state index contributed by atoms with van der Waals surface area (Å²) in [7, 11) is 0. The second kappa shape index (κ2) is 8.42. The molecule has 1 aromatic carbocycles. The third kappa shape index (κ3) is 6.08. The highest BCUT2D eigenvalue weighted by Crippen LogP contribution is 2.40. The molecule has 0 bridgehead atoms. The molecule has 0 saturated carbocycles. The van der Waals surface area contributed by atoms with E-state index in [0.29, 0.717) is 11.1 Å². The van der Waals surface area contributed by atoms with Crippen LogP contribution < -0.4 is 0 Å². The average molecular weight is 477 g/mol. The number of aromatic nitrogens is 3. The van der Waals surface area contributed by atoms with Gasteiger partial charge in [0.05, 0.1) is 6.21 Å². The van der Waals surface area contributed by atoms with E-state index in [-0.39, 0.29) is 17.5 Å². The molecule has 0 radical (unpaired) electrons. The quantitative estimate of drug-likeness (QED) is 0.267. The summed E-state index contributed by atoms with van der Waals surface area (Å²) in [5.74, 6) is -0.753. The molecule has 0 N–H and O–H groups in total. The lowest BCUT2D eigenvalue weighted by Crippen LogP contribution is -2.16. The number of benzene rings is 1. The number of nitrogens with zero attached hydrogens (tertiary/aromatic N) is 4. The van der Waals surface area contributed by atoms with Gasteiger partial charge in [-0.05, 0) is 5.56 Å². The van der Waals surface area contributed by atoms with Gasteiger partial charge in [0, 0.05) is 12.5 Å². The van der Waals surface area contributed by atoms with E-state index < -0.39 is 13.6 Å². The first-order chi connectivity index (χ1) is 12.0. The number of hydrogen-bond acceptors (Lipinski definition) is 6. The molecule has 26 heavy (non-hydrogen) atoms. The Labute approximate surface area is 178 Å². The Morgan fingerprint density at radius 2 is 1.46 bits per heavy atom. The van der Waals surface area contributed by atoms with Crippen LogP contribution in [-0.2, 0) is 17.2 Å². The summed E-state index contributed by atoms with van der Waals surface area (Å²) >= 11 is 35.0. The zero-order valence-electron chi connectivity index (χ0n) is 12.8. The number of carbonyl (C=O) groups excluding carboxylic acids is 1. The van der Waals surface area contributed by atoms with Crippen LogP contribution in [0.5, 0.6) is 0 Å². The lowest BCUT2D eigenvalue weighted by atomic mass is 10.1. The third-order valence-corrected chi connectivity index (χ3v) is 3.71. The molecule has 0 atom stereocenters. The van der Waals surface area contributed by atoms with Crippen molar-refractivity contribution < 1.29 is 9.63 Å². The van der Waals surface area contributed by atoms with Gasteiger partial charge in [0.2, 0.25) is 7.59 Å². The second-order valence-corrected chi connectivity index (χ2v) is 9.30. The molecule has 2 rings (SSSR count). The molecular weight excluding hydrogens is 469 g/mol. The third-order valence-electron chi connectivity index (χ3n) is 2.69. The van der Waals surface area contributed by atoms with Gasteiger partial charge in [-0.15, -0.1) is 0 Å². The van der Waals surface area contributed by atoms with Gasteiger partial charge in [-0.25, -0.2) is 19.7 Å². The van der Waals surface area contributed by atoms with Gasteiger partial charge in [-0.2, -0.15) is 0 Å². The summed E-state index contributed by atoms with van der Waals surface area (Å²) in [5, 5.41) is 3.52. The van der Waals surface area contributed by atoms with E-state index in [1.54, 1.807) is 24.3 Å². The molecule has 0 unspecified atom stereocenters. The van der Waals surface area contributed by atoms with Crippen molar-refractivity contribution in [2.45, 2.75) is 14.5 Å². The van der Waals surface area contributed by atoms with E-state index in [2.05, 4.69) is 24.9 Å². The van der Waals surface area contributed by atoms with Crippen molar-refractivity contribution in [2.24, 2.45) is 5.16 Å². The molecule has 0 amide bonds. The zero-order valence-corrected chi connectivity index (χ0v) is 17.3. The summed E-state index contributed by atoms with van der Waals surface area (Å²) in [6.45, 7) is 1.24. The molecule has 0 saturated heterocycles. The fourth-order valence-electron chi connectivity index (χ4n) is 1.64. The SMILES string of the molecule is CC(=O)O/N=C\c1ccc(-c2nc(C(Cl)(Cl)Cl)nc(C(Cl)(Cl)Cl)n2)cc1. The summed E-state index contributed by atoms with van der Waals surface area (Å²) in [5.41, 5.74) is 1.20. The molecule has 6 nitrogen and oxygen atoms in total.